The van der Waals surface area contributed by atoms with Gasteiger partial charge in [0.05, 0.1) is 5.69 Å². The highest BCUT2D eigenvalue weighted by Gasteiger charge is 2.22. The first kappa shape index (κ1) is 17.0. The molecular weight excluding hydrogens is 325 g/mol. The Labute approximate surface area is 137 Å². The molecule has 0 aliphatic rings. The van der Waals surface area contributed by atoms with Crippen molar-refractivity contribution in [2.45, 2.75) is 26.9 Å². The summed E-state index contributed by atoms with van der Waals surface area (Å²) in [5.41, 5.74) is 0.206. The van der Waals surface area contributed by atoms with Crippen molar-refractivity contribution in [3.05, 3.63) is 52.2 Å². The van der Waals surface area contributed by atoms with Crippen molar-refractivity contribution in [2.24, 2.45) is 0 Å². The van der Waals surface area contributed by atoms with Gasteiger partial charge in [0.25, 0.3) is 5.91 Å². The van der Waals surface area contributed by atoms with Crippen molar-refractivity contribution >= 4 is 29.2 Å². The zero-order valence-electron chi connectivity index (χ0n) is 12.8. The van der Waals surface area contributed by atoms with E-state index in [1.807, 2.05) is 0 Å². The first-order valence-corrected chi connectivity index (χ1v) is 7.19. The number of carbonyl (C=O) groups excluding carboxylic acids is 2. The van der Waals surface area contributed by atoms with Gasteiger partial charge in [0.2, 0.25) is 0 Å². The maximum Gasteiger partial charge on any atom is 0.342 e. The molecular formula is C16H15ClFNO4. The molecule has 0 saturated heterocycles. The van der Waals surface area contributed by atoms with Crippen LogP contribution in [0, 0.1) is 19.7 Å². The molecule has 0 radical (unpaired) electrons. The molecule has 0 saturated carbocycles. The van der Waals surface area contributed by atoms with Crippen molar-refractivity contribution in [2.75, 3.05) is 5.32 Å². The van der Waals surface area contributed by atoms with Crippen LogP contribution in [0.1, 0.15) is 28.8 Å². The predicted octanol–water partition coefficient (Wildman–Crippen LogP) is 3.87. The number of hydrogen-bond acceptors (Lipinski definition) is 4. The third-order valence-electron chi connectivity index (χ3n) is 3.10. The molecule has 1 amide bonds. The van der Waals surface area contributed by atoms with Gasteiger partial charge in [-0.3, -0.25) is 4.79 Å². The summed E-state index contributed by atoms with van der Waals surface area (Å²) in [6.45, 7) is 4.71. The lowest BCUT2D eigenvalue weighted by Gasteiger charge is -2.13. The van der Waals surface area contributed by atoms with Crippen LogP contribution in [0.4, 0.5) is 10.1 Å². The van der Waals surface area contributed by atoms with Gasteiger partial charge in [-0.25, -0.2) is 9.18 Å². The van der Waals surface area contributed by atoms with E-state index in [2.05, 4.69) is 5.32 Å². The Kier molecular flexibility index (Phi) is 5.05. The third-order valence-corrected chi connectivity index (χ3v) is 3.34. The number of rotatable bonds is 4. The highest BCUT2D eigenvalue weighted by molar-refractivity contribution is 6.30. The lowest BCUT2D eigenvalue weighted by Crippen LogP contribution is -2.30. The summed E-state index contributed by atoms with van der Waals surface area (Å²) >= 11 is 5.64. The second-order valence-corrected chi connectivity index (χ2v) is 5.42. The summed E-state index contributed by atoms with van der Waals surface area (Å²) in [7, 11) is 0. The number of benzene rings is 1. The average Bonchev–Trinajstić information content (AvgIpc) is 2.80. The molecule has 0 aliphatic carbocycles. The first-order chi connectivity index (χ1) is 10.8. The van der Waals surface area contributed by atoms with Crippen LogP contribution >= 0.6 is 11.6 Å². The minimum atomic E-state index is -1.10. The number of amides is 1. The summed E-state index contributed by atoms with van der Waals surface area (Å²) < 4.78 is 23.9. The van der Waals surface area contributed by atoms with Crippen molar-refractivity contribution in [3.63, 3.8) is 0 Å². The van der Waals surface area contributed by atoms with Gasteiger partial charge in [-0.1, -0.05) is 11.6 Å². The minimum absolute atomic E-state index is 0.0439. The third kappa shape index (κ3) is 4.10. The second kappa shape index (κ2) is 6.83. The van der Waals surface area contributed by atoms with Crippen LogP contribution in [0.15, 0.2) is 28.7 Å². The molecule has 1 heterocycles. The molecule has 0 fully saturated rings. The van der Waals surface area contributed by atoms with E-state index in [0.717, 1.165) is 6.07 Å². The number of nitrogens with one attached hydrogen (secondary N) is 1. The van der Waals surface area contributed by atoms with Crippen LogP contribution in [0.25, 0.3) is 0 Å². The van der Waals surface area contributed by atoms with E-state index in [1.54, 1.807) is 13.8 Å². The predicted molar refractivity (Wildman–Crippen MR) is 83.1 cm³/mol. The Morgan fingerprint density at radius 3 is 2.57 bits per heavy atom. The smallest absolute Gasteiger partial charge is 0.342 e. The van der Waals surface area contributed by atoms with Crippen molar-refractivity contribution in [1.82, 2.24) is 0 Å². The highest BCUT2D eigenvalue weighted by Crippen LogP contribution is 2.20. The summed E-state index contributed by atoms with van der Waals surface area (Å²) in [5, 5.41) is 2.55. The topological polar surface area (TPSA) is 68.5 Å². The monoisotopic (exact) mass is 339 g/mol. The van der Waals surface area contributed by atoms with E-state index in [4.69, 9.17) is 20.8 Å². The number of halogens is 2. The van der Waals surface area contributed by atoms with E-state index < -0.39 is 23.8 Å². The SMILES string of the molecule is Cc1cc(C(=O)O[C@H](C)C(=O)Nc2ccc(Cl)cc2F)c(C)o1. The lowest BCUT2D eigenvalue weighted by atomic mass is 10.2. The number of ether oxygens (including phenoxy) is 1. The minimum Gasteiger partial charge on any atom is -0.466 e. The normalized spacial score (nSPS) is 11.9. The van der Waals surface area contributed by atoms with Gasteiger partial charge in [-0.2, -0.15) is 0 Å². The Morgan fingerprint density at radius 2 is 2.00 bits per heavy atom. The van der Waals surface area contributed by atoms with Crippen molar-refractivity contribution in [1.29, 1.82) is 0 Å². The van der Waals surface area contributed by atoms with Gasteiger partial charge in [0, 0.05) is 5.02 Å². The van der Waals surface area contributed by atoms with E-state index >= 15 is 0 Å². The second-order valence-electron chi connectivity index (χ2n) is 4.99. The Balaban J connectivity index is 2.02. The van der Waals surface area contributed by atoms with E-state index in [1.165, 1.54) is 25.1 Å². The largest absolute Gasteiger partial charge is 0.466 e. The highest BCUT2D eigenvalue weighted by atomic mass is 35.5. The van der Waals surface area contributed by atoms with Gasteiger partial charge in [-0.05, 0) is 45.0 Å². The number of aryl methyl sites for hydroxylation is 2. The summed E-state index contributed by atoms with van der Waals surface area (Å²) in [6, 6.07) is 5.37. The number of anilines is 1. The van der Waals surface area contributed by atoms with Crippen LogP contribution in [-0.4, -0.2) is 18.0 Å². The molecule has 1 N–H and O–H groups in total. The van der Waals surface area contributed by atoms with Gasteiger partial charge in [0.1, 0.15) is 22.9 Å². The van der Waals surface area contributed by atoms with Crippen molar-refractivity contribution in [3.8, 4) is 0 Å². The molecule has 1 aromatic heterocycles. The molecule has 7 heteroatoms. The fourth-order valence-electron chi connectivity index (χ4n) is 1.94. The molecule has 2 aromatic rings. The summed E-state index contributed by atoms with van der Waals surface area (Å²) in [5.74, 6) is -1.04. The van der Waals surface area contributed by atoms with E-state index in [-0.39, 0.29) is 16.3 Å². The molecule has 122 valence electrons. The average molecular weight is 340 g/mol. The molecule has 0 bridgehead atoms. The summed E-state index contributed by atoms with van der Waals surface area (Å²) in [6.07, 6.45) is -1.10. The molecule has 0 spiro atoms. The van der Waals surface area contributed by atoms with Crippen LogP contribution in [0.2, 0.25) is 5.02 Å². The van der Waals surface area contributed by atoms with E-state index in [9.17, 15) is 14.0 Å². The van der Waals surface area contributed by atoms with Crippen LogP contribution in [-0.2, 0) is 9.53 Å². The molecule has 0 aliphatic heterocycles. The maximum absolute atomic E-state index is 13.6. The molecule has 2 rings (SSSR count). The van der Waals surface area contributed by atoms with Crippen molar-refractivity contribution < 1.29 is 23.1 Å². The lowest BCUT2D eigenvalue weighted by molar-refractivity contribution is -0.123. The fourth-order valence-corrected chi connectivity index (χ4v) is 2.10. The number of furan rings is 1. The summed E-state index contributed by atoms with van der Waals surface area (Å²) in [4.78, 5) is 24.0. The standard InChI is InChI=1S/C16H15ClFNO4/c1-8-6-12(9(2)22-8)16(21)23-10(3)15(20)19-14-5-4-11(17)7-13(14)18/h4-7,10H,1-3H3,(H,19,20)/t10-/m1/s1. The molecule has 5 nitrogen and oxygen atoms in total. The zero-order chi connectivity index (χ0) is 17.1. The van der Waals surface area contributed by atoms with Crippen LogP contribution in [0.3, 0.4) is 0 Å². The Bertz CT molecular complexity index is 757. The van der Waals surface area contributed by atoms with Crippen LogP contribution < -0.4 is 5.32 Å². The van der Waals surface area contributed by atoms with Gasteiger partial charge >= 0.3 is 5.97 Å². The van der Waals surface area contributed by atoms with Gasteiger partial charge in [-0.15, -0.1) is 0 Å². The molecule has 1 atom stereocenters. The van der Waals surface area contributed by atoms with Gasteiger partial charge in [0.15, 0.2) is 6.10 Å². The fraction of sp³-hybridized carbons (Fsp3) is 0.250. The Hall–Kier alpha value is -2.34. The van der Waals surface area contributed by atoms with Gasteiger partial charge < -0.3 is 14.5 Å². The maximum atomic E-state index is 13.6. The number of carbonyl (C=O) groups is 2. The van der Waals surface area contributed by atoms with Crippen LogP contribution in [0.5, 0.6) is 0 Å². The molecule has 0 unspecified atom stereocenters. The quantitative estimate of drug-likeness (QED) is 0.858. The molecule has 1 aromatic carbocycles. The first-order valence-electron chi connectivity index (χ1n) is 6.82. The number of esters is 1. The van der Waals surface area contributed by atoms with E-state index in [0.29, 0.717) is 11.5 Å². The number of hydrogen-bond donors (Lipinski definition) is 1. The zero-order valence-corrected chi connectivity index (χ0v) is 13.5. The Morgan fingerprint density at radius 1 is 1.30 bits per heavy atom. The molecule has 23 heavy (non-hydrogen) atoms.